The van der Waals surface area contributed by atoms with Crippen molar-refractivity contribution >= 4 is 50.3 Å². The highest BCUT2D eigenvalue weighted by Crippen LogP contribution is 2.29. The van der Waals surface area contributed by atoms with Gasteiger partial charge in [-0.25, -0.2) is 4.98 Å². The second-order valence-electron chi connectivity index (χ2n) is 8.28. The third-order valence-electron chi connectivity index (χ3n) is 5.59. The molecule has 0 aliphatic carbocycles. The van der Waals surface area contributed by atoms with Crippen molar-refractivity contribution in [2.75, 3.05) is 18.2 Å². The highest BCUT2D eigenvalue weighted by molar-refractivity contribution is 7.99. The molecular weight excluding hydrogens is 520 g/mol. The highest BCUT2D eigenvalue weighted by Gasteiger charge is 2.20. The largest absolute Gasteiger partial charge is 0.495 e. The van der Waals surface area contributed by atoms with Gasteiger partial charge < -0.3 is 15.4 Å². The first-order valence-electron chi connectivity index (χ1n) is 11.7. The van der Waals surface area contributed by atoms with E-state index in [4.69, 9.17) is 4.74 Å². The first-order valence-corrected chi connectivity index (χ1v) is 13.5. The van der Waals surface area contributed by atoms with Gasteiger partial charge in [0.15, 0.2) is 16.1 Å². The lowest BCUT2D eigenvalue weighted by Crippen LogP contribution is -2.24. The van der Waals surface area contributed by atoms with Crippen LogP contribution in [0.1, 0.15) is 21.7 Å². The minimum absolute atomic E-state index is 0.0961. The molecule has 0 bridgehead atoms. The van der Waals surface area contributed by atoms with Crippen LogP contribution in [0.4, 0.5) is 5.13 Å². The van der Waals surface area contributed by atoms with Crippen molar-refractivity contribution in [1.82, 2.24) is 25.1 Å². The van der Waals surface area contributed by atoms with E-state index in [9.17, 15) is 9.59 Å². The Morgan fingerprint density at radius 1 is 1.03 bits per heavy atom. The first-order chi connectivity index (χ1) is 18.5. The number of amides is 2. The van der Waals surface area contributed by atoms with Gasteiger partial charge in [0.25, 0.3) is 5.91 Å². The third-order valence-corrected chi connectivity index (χ3v) is 7.47. The summed E-state index contributed by atoms with van der Waals surface area (Å²) in [7, 11) is 1.58. The number of ether oxygens (including phenoxy) is 1. The molecule has 5 aromatic rings. The van der Waals surface area contributed by atoms with Gasteiger partial charge in [-0.2, -0.15) is 0 Å². The molecule has 9 nitrogen and oxygen atoms in total. The number of hydrogen-bond donors (Lipinski definition) is 2. The predicted octanol–water partition coefficient (Wildman–Crippen LogP) is 4.85. The second-order valence-corrected chi connectivity index (χ2v) is 10.3. The summed E-state index contributed by atoms with van der Waals surface area (Å²) < 4.78 is 8.36. The highest BCUT2D eigenvalue weighted by atomic mass is 32.2. The minimum atomic E-state index is -0.215. The smallest absolute Gasteiger partial charge is 0.251 e. The Labute approximate surface area is 227 Å². The topological polar surface area (TPSA) is 111 Å². The maximum Gasteiger partial charge on any atom is 0.251 e. The Hall–Kier alpha value is -4.22. The van der Waals surface area contributed by atoms with Crippen LogP contribution >= 0.6 is 23.1 Å². The van der Waals surface area contributed by atoms with Crippen molar-refractivity contribution in [3.63, 3.8) is 0 Å². The lowest BCUT2D eigenvalue weighted by molar-refractivity contribution is -0.113. The maximum atomic E-state index is 12.7. The molecule has 38 heavy (non-hydrogen) atoms. The zero-order chi connectivity index (χ0) is 26.5. The Morgan fingerprint density at radius 2 is 1.84 bits per heavy atom. The van der Waals surface area contributed by atoms with Gasteiger partial charge in [-0.05, 0) is 43.3 Å². The van der Waals surface area contributed by atoms with E-state index < -0.39 is 0 Å². The van der Waals surface area contributed by atoms with E-state index in [1.165, 1.54) is 23.1 Å². The maximum absolute atomic E-state index is 12.7. The molecule has 2 aromatic heterocycles. The van der Waals surface area contributed by atoms with Crippen molar-refractivity contribution in [3.8, 4) is 11.4 Å². The van der Waals surface area contributed by atoms with Crippen LogP contribution in [0.15, 0.2) is 78.0 Å². The van der Waals surface area contributed by atoms with Crippen LogP contribution in [0.25, 0.3) is 15.9 Å². The molecule has 0 spiro atoms. The van der Waals surface area contributed by atoms with E-state index in [0.717, 1.165) is 15.8 Å². The van der Waals surface area contributed by atoms with E-state index >= 15 is 0 Å². The van der Waals surface area contributed by atoms with Gasteiger partial charge >= 0.3 is 0 Å². The molecule has 0 saturated carbocycles. The molecule has 2 heterocycles. The number of anilines is 1. The number of thioether (sulfide) groups is 1. The van der Waals surface area contributed by atoms with Gasteiger partial charge in [-0.3, -0.25) is 14.2 Å². The number of nitrogens with zero attached hydrogens (tertiary/aromatic N) is 4. The molecule has 11 heteroatoms. The summed E-state index contributed by atoms with van der Waals surface area (Å²) in [6, 6.07) is 22.5. The number of carbonyl (C=O) groups is 2. The normalized spacial score (nSPS) is 10.9. The second kappa shape index (κ2) is 11.4. The van der Waals surface area contributed by atoms with E-state index in [1.807, 2.05) is 73.7 Å². The van der Waals surface area contributed by atoms with Gasteiger partial charge in [0.2, 0.25) is 5.91 Å². The van der Waals surface area contributed by atoms with E-state index in [0.29, 0.717) is 33.1 Å². The number of para-hydroxylation sites is 3. The standard InChI is InChI=1S/C27H24N6O3S2/c1-17-8-7-9-18(14-17)25(35)28-15-23-31-32-27(33(23)20-11-4-5-12-21(20)36-2)37-16-24(34)30-26-29-19-10-3-6-13-22(19)38-26/h3-14H,15-16H2,1-2H3,(H,28,35)(H,29,30,34). The van der Waals surface area contributed by atoms with Gasteiger partial charge in [-0.1, -0.05) is 65.1 Å². The number of methoxy groups -OCH3 is 1. The van der Waals surface area contributed by atoms with Gasteiger partial charge in [0.05, 0.1) is 35.3 Å². The summed E-state index contributed by atoms with van der Waals surface area (Å²) >= 11 is 2.66. The van der Waals surface area contributed by atoms with Crippen molar-refractivity contribution in [2.45, 2.75) is 18.6 Å². The SMILES string of the molecule is COc1ccccc1-n1c(CNC(=O)c2cccc(C)c2)nnc1SCC(=O)Nc1nc2ccccc2s1. The van der Waals surface area contributed by atoms with Crippen molar-refractivity contribution in [1.29, 1.82) is 0 Å². The van der Waals surface area contributed by atoms with Crippen LogP contribution in [0.3, 0.4) is 0 Å². The summed E-state index contributed by atoms with van der Waals surface area (Å²) in [5, 5.41) is 15.5. The van der Waals surface area contributed by atoms with Crippen molar-refractivity contribution < 1.29 is 14.3 Å². The van der Waals surface area contributed by atoms with E-state index in [-0.39, 0.29) is 24.1 Å². The number of nitrogens with one attached hydrogen (secondary N) is 2. The fourth-order valence-corrected chi connectivity index (χ4v) is 5.47. The van der Waals surface area contributed by atoms with Crippen LogP contribution in [0.2, 0.25) is 0 Å². The van der Waals surface area contributed by atoms with Crippen LogP contribution in [-0.2, 0) is 11.3 Å². The fourth-order valence-electron chi connectivity index (χ4n) is 3.82. The van der Waals surface area contributed by atoms with Crippen molar-refractivity contribution in [3.05, 3.63) is 89.7 Å². The van der Waals surface area contributed by atoms with Crippen LogP contribution in [-0.4, -0.2) is 44.4 Å². The van der Waals surface area contributed by atoms with Crippen molar-refractivity contribution in [2.24, 2.45) is 0 Å². The molecule has 2 amide bonds. The van der Waals surface area contributed by atoms with Crippen LogP contribution in [0.5, 0.6) is 5.75 Å². The summed E-state index contributed by atoms with van der Waals surface area (Å²) in [5.41, 5.74) is 3.11. The van der Waals surface area contributed by atoms with Crippen LogP contribution in [0, 0.1) is 6.92 Å². The number of carbonyl (C=O) groups excluding carboxylic acids is 2. The summed E-state index contributed by atoms with van der Waals surface area (Å²) in [5.74, 6) is 0.785. The molecule has 192 valence electrons. The molecule has 0 radical (unpaired) electrons. The average Bonchev–Trinajstić information content (AvgIpc) is 3.53. The first kappa shape index (κ1) is 25.4. The number of benzene rings is 3. The molecule has 0 aliphatic rings. The molecule has 0 aliphatic heterocycles. The summed E-state index contributed by atoms with van der Waals surface area (Å²) in [4.78, 5) is 29.9. The van der Waals surface area contributed by atoms with Gasteiger partial charge in [-0.15, -0.1) is 10.2 Å². The lowest BCUT2D eigenvalue weighted by atomic mass is 10.1. The monoisotopic (exact) mass is 544 g/mol. The number of rotatable bonds is 9. The quantitative estimate of drug-likeness (QED) is 0.255. The molecule has 0 fully saturated rings. The van der Waals surface area contributed by atoms with Gasteiger partial charge in [0.1, 0.15) is 5.75 Å². The molecule has 0 unspecified atom stereocenters. The molecule has 2 N–H and O–H groups in total. The number of hydrogen-bond acceptors (Lipinski definition) is 8. The number of aromatic nitrogens is 4. The molecule has 3 aromatic carbocycles. The van der Waals surface area contributed by atoms with E-state index in [1.54, 1.807) is 17.7 Å². The molecule has 0 saturated heterocycles. The zero-order valence-corrected chi connectivity index (χ0v) is 22.3. The summed E-state index contributed by atoms with van der Waals surface area (Å²) in [6.07, 6.45) is 0. The predicted molar refractivity (Wildman–Crippen MR) is 149 cm³/mol. The number of fused-ring (bicyclic) bond motifs is 1. The lowest BCUT2D eigenvalue weighted by Gasteiger charge is -2.14. The van der Waals surface area contributed by atoms with Gasteiger partial charge in [0, 0.05) is 5.56 Å². The molecule has 5 rings (SSSR count). The molecule has 0 atom stereocenters. The Balaban J connectivity index is 1.34. The Morgan fingerprint density at radius 3 is 2.66 bits per heavy atom. The number of thiazole rings is 1. The third kappa shape index (κ3) is 5.68. The Bertz CT molecular complexity index is 1580. The number of aryl methyl sites for hydroxylation is 1. The fraction of sp³-hybridized carbons (Fsp3) is 0.148. The summed E-state index contributed by atoms with van der Waals surface area (Å²) in [6.45, 7) is 2.07. The minimum Gasteiger partial charge on any atom is -0.495 e. The van der Waals surface area contributed by atoms with E-state index in [2.05, 4.69) is 25.8 Å². The Kier molecular flexibility index (Phi) is 7.66. The van der Waals surface area contributed by atoms with Crippen LogP contribution < -0.4 is 15.4 Å². The molecular formula is C27H24N6O3S2. The average molecular weight is 545 g/mol. The zero-order valence-electron chi connectivity index (χ0n) is 20.7.